The van der Waals surface area contributed by atoms with E-state index in [1.165, 1.54) is 5.56 Å². The number of methoxy groups -OCH3 is 1. The van der Waals surface area contributed by atoms with Gasteiger partial charge in [0, 0.05) is 39.3 Å². The van der Waals surface area contributed by atoms with Gasteiger partial charge < -0.3 is 14.6 Å². The van der Waals surface area contributed by atoms with Gasteiger partial charge >= 0.3 is 0 Å². The molecule has 5 heteroatoms. The van der Waals surface area contributed by atoms with Crippen LogP contribution >= 0.6 is 0 Å². The summed E-state index contributed by atoms with van der Waals surface area (Å²) in [7, 11) is 1.63. The zero-order valence-corrected chi connectivity index (χ0v) is 17.5. The Kier molecular flexibility index (Phi) is 8.11. The highest BCUT2D eigenvalue weighted by molar-refractivity contribution is 5.55. The van der Waals surface area contributed by atoms with Crippen molar-refractivity contribution in [1.82, 2.24) is 9.80 Å². The third kappa shape index (κ3) is 6.60. The summed E-state index contributed by atoms with van der Waals surface area (Å²) in [6.07, 6.45) is 3.47. The Balaban J connectivity index is 1.42. The number of β-amino-alcohol motifs (C(OH)–C–C–N with tert-alkyl or cyclic N) is 1. The van der Waals surface area contributed by atoms with E-state index >= 15 is 0 Å². The maximum absolute atomic E-state index is 10.4. The van der Waals surface area contributed by atoms with Crippen molar-refractivity contribution in [2.24, 2.45) is 0 Å². The number of hydrogen-bond acceptors (Lipinski definition) is 5. The van der Waals surface area contributed by atoms with Crippen molar-refractivity contribution in [1.29, 1.82) is 0 Å². The summed E-state index contributed by atoms with van der Waals surface area (Å²) < 4.78 is 11.2. The van der Waals surface area contributed by atoms with Gasteiger partial charge in [-0.05, 0) is 30.2 Å². The van der Waals surface area contributed by atoms with Gasteiger partial charge in [0.1, 0.15) is 12.7 Å². The van der Waals surface area contributed by atoms with Crippen LogP contribution in [0.4, 0.5) is 0 Å². The van der Waals surface area contributed by atoms with E-state index in [9.17, 15) is 5.11 Å². The topological polar surface area (TPSA) is 45.2 Å². The second-order valence-corrected chi connectivity index (χ2v) is 7.44. The van der Waals surface area contributed by atoms with E-state index in [4.69, 9.17) is 9.47 Å². The molecule has 0 amide bonds. The summed E-state index contributed by atoms with van der Waals surface area (Å²) in [5.41, 5.74) is 2.41. The van der Waals surface area contributed by atoms with Gasteiger partial charge in [-0.1, -0.05) is 48.6 Å². The van der Waals surface area contributed by atoms with Crippen LogP contribution in [0.5, 0.6) is 11.5 Å². The number of aliphatic hydroxyl groups is 1. The average Bonchev–Trinajstić information content (AvgIpc) is 2.75. The molecule has 1 fully saturated rings. The molecular formula is C24H32N2O3. The molecule has 0 unspecified atom stereocenters. The molecule has 0 saturated carbocycles. The summed E-state index contributed by atoms with van der Waals surface area (Å²) in [5.74, 6) is 1.34. The highest BCUT2D eigenvalue weighted by Gasteiger charge is 2.20. The highest BCUT2D eigenvalue weighted by atomic mass is 16.5. The van der Waals surface area contributed by atoms with Gasteiger partial charge in [-0.2, -0.15) is 0 Å². The Morgan fingerprint density at radius 2 is 1.72 bits per heavy atom. The van der Waals surface area contributed by atoms with Crippen molar-refractivity contribution in [3.8, 4) is 11.5 Å². The Bertz CT molecular complexity index is 771. The van der Waals surface area contributed by atoms with Crippen molar-refractivity contribution in [3.63, 3.8) is 0 Å². The fourth-order valence-electron chi connectivity index (χ4n) is 3.61. The van der Waals surface area contributed by atoms with Crippen LogP contribution in [0.1, 0.15) is 18.1 Å². The maximum Gasteiger partial charge on any atom is 0.161 e. The molecule has 1 saturated heterocycles. The van der Waals surface area contributed by atoms with Gasteiger partial charge in [-0.3, -0.25) is 9.80 Å². The summed E-state index contributed by atoms with van der Waals surface area (Å²) in [6, 6.07) is 16.4. The Morgan fingerprint density at radius 1 is 1.00 bits per heavy atom. The first-order chi connectivity index (χ1) is 14.2. The van der Waals surface area contributed by atoms with E-state index < -0.39 is 6.10 Å². The largest absolute Gasteiger partial charge is 0.493 e. The number of aliphatic hydroxyl groups excluding tert-OH is 1. The first kappa shape index (κ1) is 21.4. The van der Waals surface area contributed by atoms with Crippen LogP contribution < -0.4 is 9.47 Å². The zero-order valence-electron chi connectivity index (χ0n) is 17.5. The quantitative estimate of drug-likeness (QED) is 0.705. The van der Waals surface area contributed by atoms with Crippen LogP contribution in [0.15, 0.2) is 54.6 Å². The van der Waals surface area contributed by atoms with E-state index in [-0.39, 0.29) is 6.61 Å². The van der Waals surface area contributed by atoms with Crippen LogP contribution in [0.2, 0.25) is 0 Å². The van der Waals surface area contributed by atoms with Crippen LogP contribution in [0.3, 0.4) is 0 Å². The summed E-state index contributed by atoms with van der Waals surface area (Å²) in [4.78, 5) is 4.77. The van der Waals surface area contributed by atoms with Crippen molar-refractivity contribution < 1.29 is 14.6 Å². The number of allylic oxidation sites excluding steroid dienone is 1. The molecule has 2 aromatic rings. The SMILES string of the molecule is C/C=C/c1ccc(OC[C@@H](O)CN2CCN(Cc3ccccc3)CC2)c(OC)c1. The molecule has 29 heavy (non-hydrogen) atoms. The van der Waals surface area contributed by atoms with Crippen LogP contribution in [-0.4, -0.2) is 67.5 Å². The lowest BCUT2D eigenvalue weighted by molar-refractivity contribution is 0.0440. The second-order valence-electron chi connectivity index (χ2n) is 7.44. The molecule has 0 aliphatic carbocycles. The van der Waals surface area contributed by atoms with E-state index in [2.05, 4.69) is 40.1 Å². The molecule has 3 rings (SSSR count). The standard InChI is InChI=1S/C24H32N2O3/c1-3-7-20-10-11-23(24(16-20)28-2)29-19-22(27)18-26-14-12-25(13-15-26)17-21-8-5-4-6-9-21/h3-11,16,22,27H,12-15,17-19H2,1-2H3/b7-3+/t22-/m0/s1. The number of benzene rings is 2. The van der Waals surface area contributed by atoms with Gasteiger partial charge in [-0.15, -0.1) is 0 Å². The first-order valence-electron chi connectivity index (χ1n) is 10.3. The lowest BCUT2D eigenvalue weighted by Crippen LogP contribution is -2.48. The molecule has 156 valence electrons. The van der Waals surface area contributed by atoms with E-state index in [0.29, 0.717) is 18.0 Å². The third-order valence-electron chi connectivity index (χ3n) is 5.16. The molecule has 0 radical (unpaired) electrons. The van der Waals surface area contributed by atoms with Gasteiger partial charge in [0.05, 0.1) is 7.11 Å². The van der Waals surface area contributed by atoms with Crippen molar-refractivity contribution in [3.05, 3.63) is 65.7 Å². The third-order valence-corrected chi connectivity index (χ3v) is 5.16. The Labute approximate surface area is 174 Å². The van der Waals surface area contributed by atoms with Crippen LogP contribution in [-0.2, 0) is 6.54 Å². The Morgan fingerprint density at radius 3 is 2.41 bits per heavy atom. The van der Waals surface area contributed by atoms with Gasteiger partial charge in [0.25, 0.3) is 0 Å². The molecule has 0 bridgehead atoms. The lowest BCUT2D eigenvalue weighted by Gasteiger charge is -2.35. The minimum Gasteiger partial charge on any atom is -0.493 e. The van der Waals surface area contributed by atoms with E-state index in [0.717, 1.165) is 38.3 Å². The van der Waals surface area contributed by atoms with Gasteiger partial charge in [0.2, 0.25) is 0 Å². The highest BCUT2D eigenvalue weighted by Crippen LogP contribution is 2.28. The fraction of sp³-hybridized carbons (Fsp3) is 0.417. The first-order valence-corrected chi connectivity index (χ1v) is 10.3. The number of ether oxygens (including phenoxy) is 2. The van der Waals surface area contributed by atoms with Crippen molar-refractivity contribution in [2.45, 2.75) is 19.6 Å². The molecule has 1 aliphatic heterocycles. The van der Waals surface area contributed by atoms with E-state index in [1.54, 1.807) is 7.11 Å². The van der Waals surface area contributed by atoms with Gasteiger partial charge in [0.15, 0.2) is 11.5 Å². The lowest BCUT2D eigenvalue weighted by atomic mass is 10.2. The molecule has 1 atom stereocenters. The molecule has 1 heterocycles. The van der Waals surface area contributed by atoms with E-state index in [1.807, 2.05) is 37.3 Å². The molecular weight excluding hydrogens is 364 g/mol. The Hall–Kier alpha value is -2.34. The number of nitrogens with zero attached hydrogens (tertiary/aromatic N) is 2. The number of rotatable bonds is 9. The fourth-order valence-corrected chi connectivity index (χ4v) is 3.61. The molecule has 1 aliphatic rings. The summed E-state index contributed by atoms with van der Waals surface area (Å²) in [6.45, 7) is 7.81. The maximum atomic E-state index is 10.4. The summed E-state index contributed by atoms with van der Waals surface area (Å²) in [5, 5.41) is 10.4. The molecule has 1 N–H and O–H groups in total. The predicted molar refractivity (Wildman–Crippen MR) is 117 cm³/mol. The predicted octanol–water partition coefficient (Wildman–Crippen LogP) is 3.29. The van der Waals surface area contributed by atoms with Crippen LogP contribution in [0, 0.1) is 0 Å². The van der Waals surface area contributed by atoms with Crippen LogP contribution in [0.25, 0.3) is 6.08 Å². The molecule has 2 aromatic carbocycles. The minimum absolute atomic E-state index is 0.254. The number of piperazine rings is 1. The smallest absolute Gasteiger partial charge is 0.161 e. The molecule has 0 aromatic heterocycles. The second kappa shape index (κ2) is 11.0. The average molecular weight is 397 g/mol. The van der Waals surface area contributed by atoms with Crippen molar-refractivity contribution >= 4 is 6.08 Å². The monoisotopic (exact) mass is 396 g/mol. The summed E-state index contributed by atoms with van der Waals surface area (Å²) >= 11 is 0. The minimum atomic E-state index is -0.532. The molecule has 5 nitrogen and oxygen atoms in total. The normalized spacial score (nSPS) is 16.8. The van der Waals surface area contributed by atoms with Gasteiger partial charge in [-0.25, -0.2) is 0 Å². The molecule has 0 spiro atoms. The zero-order chi connectivity index (χ0) is 20.5. The number of hydrogen-bond donors (Lipinski definition) is 1. The van der Waals surface area contributed by atoms with Crippen molar-refractivity contribution in [2.75, 3.05) is 46.4 Å².